The van der Waals surface area contributed by atoms with Crippen LogP contribution in [0.2, 0.25) is 0 Å². The number of alkyl halides is 3. The zero-order valence-corrected chi connectivity index (χ0v) is 16.3. The van der Waals surface area contributed by atoms with Crippen LogP contribution in [-0.2, 0) is 6.18 Å². The highest BCUT2D eigenvalue weighted by Gasteiger charge is 2.34. The Morgan fingerprint density at radius 1 is 1.15 bits per heavy atom. The molecule has 0 bridgehead atoms. The highest BCUT2D eigenvalue weighted by molar-refractivity contribution is 7.80. The fourth-order valence-corrected chi connectivity index (χ4v) is 4.02. The van der Waals surface area contributed by atoms with Crippen LogP contribution in [0.5, 0.6) is 0 Å². The molecule has 1 aromatic heterocycles. The van der Waals surface area contributed by atoms with E-state index in [1.165, 1.54) is 6.42 Å². The Hall–Kier alpha value is -1.64. The summed E-state index contributed by atoms with van der Waals surface area (Å²) in [5, 5.41) is 6.22. The Balaban J connectivity index is 1.76. The predicted molar refractivity (Wildman–Crippen MR) is 104 cm³/mol. The minimum absolute atomic E-state index is 0.105. The van der Waals surface area contributed by atoms with E-state index in [1.807, 2.05) is 4.90 Å². The number of halogens is 3. The molecule has 0 unspecified atom stereocenters. The molecule has 2 fully saturated rings. The topological polar surface area (TPSA) is 53.1 Å². The van der Waals surface area contributed by atoms with Gasteiger partial charge in [-0.05, 0) is 43.8 Å². The van der Waals surface area contributed by atoms with Crippen LogP contribution < -0.4 is 15.5 Å². The van der Waals surface area contributed by atoms with Crippen molar-refractivity contribution in [2.24, 2.45) is 5.92 Å². The summed E-state index contributed by atoms with van der Waals surface area (Å²) in [7, 11) is 0. The average Bonchev–Trinajstić information content (AvgIpc) is 2.61. The Kier molecular flexibility index (Phi) is 6.39. The van der Waals surface area contributed by atoms with Gasteiger partial charge in [0.15, 0.2) is 10.8 Å². The second-order valence-corrected chi connectivity index (χ2v) is 7.97. The van der Waals surface area contributed by atoms with Gasteiger partial charge in [0.2, 0.25) is 5.95 Å². The van der Waals surface area contributed by atoms with E-state index in [1.54, 1.807) is 0 Å². The van der Waals surface area contributed by atoms with E-state index in [9.17, 15) is 13.2 Å². The lowest BCUT2D eigenvalue weighted by molar-refractivity contribution is -0.141. The van der Waals surface area contributed by atoms with Crippen molar-refractivity contribution in [3.05, 3.63) is 11.8 Å². The van der Waals surface area contributed by atoms with Crippen molar-refractivity contribution in [3.8, 4) is 0 Å². The third-order valence-electron chi connectivity index (χ3n) is 5.15. The third kappa shape index (κ3) is 5.67. The molecular formula is C18H26F3N5S. The van der Waals surface area contributed by atoms with Gasteiger partial charge in [0, 0.05) is 25.2 Å². The molecule has 27 heavy (non-hydrogen) atoms. The van der Waals surface area contributed by atoms with Gasteiger partial charge >= 0.3 is 6.18 Å². The number of piperidine rings is 1. The molecule has 1 saturated heterocycles. The Labute approximate surface area is 163 Å². The molecule has 2 heterocycles. The first-order chi connectivity index (χ1) is 12.8. The molecule has 1 aromatic rings. The number of hydrogen-bond acceptors (Lipinski definition) is 4. The summed E-state index contributed by atoms with van der Waals surface area (Å²) in [6.07, 6.45) is 3.01. The summed E-state index contributed by atoms with van der Waals surface area (Å²) < 4.78 is 40.0. The van der Waals surface area contributed by atoms with Gasteiger partial charge in [0.25, 0.3) is 0 Å². The number of nitrogens with zero attached hydrogens (tertiary/aromatic N) is 3. The van der Waals surface area contributed by atoms with E-state index in [0.29, 0.717) is 24.8 Å². The molecule has 150 valence electrons. The standard InChI is InChI=1S/C18H26F3N5S/c1-12-6-5-9-26(11-12)15-10-14(18(19,20)21)23-16(24-15)25-17(27)22-13-7-3-2-4-8-13/h10,12-13H,2-9,11H2,1H3,(H2,22,23,24,25,27)/t12-/m1/s1. The maximum absolute atomic E-state index is 13.3. The van der Waals surface area contributed by atoms with Crippen molar-refractivity contribution in [3.63, 3.8) is 0 Å². The monoisotopic (exact) mass is 401 g/mol. The van der Waals surface area contributed by atoms with Crippen molar-refractivity contribution in [1.29, 1.82) is 0 Å². The number of aromatic nitrogens is 2. The van der Waals surface area contributed by atoms with E-state index in [-0.39, 0.29) is 17.1 Å². The minimum Gasteiger partial charge on any atom is -0.360 e. The quantitative estimate of drug-likeness (QED) is 0.735. The molecule has 1 aliphatic carbocycles. The number of thiocarbonyl (C=S) groups is 1. The summed E-state index contributed by atoms with van der Waals surface area (Å²) in [5.41, 5.74) is -0.950. The smallest absolute Gasteiger partial charge is 0.360 e. The van der Waals surface area contributed by atoms with Gasteiger partial charge in [-0.3, -0.25) is 0 Å². The molecule has 1 aliphatic heterocycles. The highest BCUT2D eigenvalue weighted by Crippen LogP contribution is 2.31. The van der Waals surface area contributed by atoms with Crippen LogP contribution in [0.3, 0.4) is 0 Å². The van der Waals surface area contributed by atoms with Crippen LogP contribution in [0.1, 0.15) is 57.6 Å². The number of hydrogen-bond donors (Lipinski definition) is 2. The fourth-order valence-electron chi connectivity index (χ4n) is 3.76. The molecule has 0 amide bonds. The van der Waals surface area contributed by atoms with Crippen molar-refractivity contribution in [1.82, 2.24) is 15.3 Å². The summed E-state index contributed by atoms with van der Waals surface area (Å²) >= 11 is 5.27. The molecule has 0 spiro atoms. The summed E-state index contributed by atoms with van der Waals surface area (Å²) in [6.45, 7) is 3.49. The number of nitrogens with one attached hydrogen (secondary N) is 2. The van der Waals surface area contributed by atoms with Gasteiger partial charge in [0.1, 0.15) is 5.82 Å². The second-order valence-electron chi connectivity index (χ2n) is 7.56. The minimum atomic E-state index is -4.53. The number of anilines is 2. The largest absolute Gasteiger partial charge is 0.433 e. The molecular weight excluding hydrogens is 375 g/mol. The molecule has 2 N–H and O–H groups in total. The van der Waals surface area contributed by atoms with Crippen molar-refractivity contribution in [2.45, 2.75) is 64.1 Å². The Morgan fingerprint density at radius 3 is 2.56 bits per heavy atom. The van der Waals surface area contributed by atoms with E-state index in [2.05, 4.69) is 27.5 Å². The zero-order valence-electron chi connectivity index (χ0n) is 15.5. The number of rotatable bonds is 3. The van der Waals surface area contributed by atoms with Crippen LogP contribution in [0.4, 0.5) is 24.9 Å². The first kappa shape index (κ1) is 20.1. The second kappa shape index (κ2) is 8.58. The SMILES string of the molecule is C[C@@H]1CCCN(c2cc(C(F)(F)F)nc(NC(=S)NC3CCCCC3)n2)C1. The highest BCUT2D eigenvalue weighted by atomic mass is 32.1. The molecule has 1 saturated carbocycles. The molecule has 9 heteroatoms. The lowest BCUT2D eigenvalue weighted by atomic mass is 9.96. The van der Waals surface area contributed by atoms with Crippen LogP contribution in [-0.4, -0.2) is 34.2 Å². The van der Waals surface area contributed by atoms with Crippen LogP contribution in [0, 0.1) is 5.92 Å². The lowest BCUT2D eigenvalue weighted by Gasteiger charge is -2.32. The van der Waals surface area contributed by atoms with E-state index >= 15 is 0 Å². The van der Waals surface area contributed by atoms with Gasteiger partial charge in [0.05, 0.1) is 0 Å². The van der Waals surface area contributed by atoms with Crippen LogP contribution >= 0.6 is 12.2 Å². The molecule has 3 rings (SSSR count). The van der Waals surface area contributed by atoms with Gasteiger partial charge < -0.3 is 15.5 Å². The zero-order chi connectivity index (χ0) is 19.4. The van der Waals surface area contributed by atoms with Crippen molar-refractivity contribution < 1.29 is 13.2 Å². The van der Waals surface area contributed by atoms with E-state index < -0.39 is 11.9 Å². The Bertz CT molecular complexity index is 661. The molecule has 1 atom stereocenters. The maximum atomic E-state index is 13.3. The summed E-state index contributed by atoms with van der Waals surface area (Å²) in [4.78, 5) is 9.86. The fraction of sp³-hybridized carbons (Fsp3) is 0.722. The average molecular weight is 402 g/mol. The van der Waals surface area contributed by atoms with Crippen molar-refractivity contribution >= 4 is 29.1 Å². The molecule has 5 nitrogen and oxygen atoms in total. The van der Waals surface area contributed by atoms with Crippen molar-refractivity contribution in [2.75, 3.05) is 23.3 Å². The van der Waals surface area contributed by atoms with Crippen LogP contribution in [0.25, 0.3) is 0 Å². The Morgan fingerprint density at radius 2 is 1.89 bits per heavy atom. The van der Waals surface area contributed by atoms with E-state index in [0.717, 1.165) is 44.6 Å². The predicted octanol–water partition coefficient (Wildman–Crippen LogP) is 4.35. The molecule has 0 radical (unpaired) electrons. The maximum Gasteiger partial charge on any atom is 0.433 e. The van der Waals surface area contributed by atoms with Crippen LogP contribution in [0.15, 0.2) is 6.07 Å². The van der Waals surface area contributed by atoms with Gasteiger partial charge in [-0.25, -0.2) is 4.98 Å². The lowest BCUT2D eigenvalue weighted by Crippen LogP contribution is -2.39. The summed E-state index contributed by atoms with van der Waals surface area (Å²) in [5.74, 6) is 0.617. The molecule has 2 aliphatic rings. The third-order valence-corrected chi connectivity index (χ3v) is 5.37. The summed E-state index contributed by atoms with van der Waals surface area (Å²) in [6, 6.07) is 1.29. The normalized spacial score (nSPS) is 21.8. The van der Waals surface area contributed by atoms with Gasteiger partial charge in [-0.2, -0.15) is 18.2 Å². The first-order valence-corrected chi connectivity index (χ1v) is 10.0. The van der Waals surface area contributed by atoms with Gasteiger partial charge in [-0.1, -0.05) is 26.2 Å². The van der Waals surface area contributed by atoms with Gasteiger partial charge in [-0.15, -0.1) is 0 Å². The van der Waals surface area contributed by atoms with E-state index in [4.69, 9.17) is 12.2 Å². The molecule has 0 aromatic carbocycles. The first-order valence-electron chi connectivity index (χ1n) is 9.60.